The topological polar surface area (TPSA) is 40.5 Å². The Hall–Kier alpha value is -1.00. The molecule has 4 heteroatoms. The summed E-state index contributed by atoms with van der Waals surface area (Å²) < 4.78 is 0. The Kier molecular flexibility index (Phi) is 6.77. The molecular formula is C18H27NO2S. The van der Waals surface area contributed by atoms with Crippen molar-refractivity contribution in [1.29, 1.82) is 0 Å². The molecule has 0 spiro atoms. The summed E-state index contributed by atoms with van der Waals surface area (Å²) in [4.78, 5) is 14.2. The zero-order valence-electron chi connectivity index (χ0n) is 13.6. The number of carbonyl (C=O) groups is 1. The Morgan fingerprint density at radius 2 is 1.91 bits per heavy atom. The fourth-order valence-corrected chi connectivity index (χ4v) is 3.88. The van der Waals surface area contributed by atoms with Crippen molar-refractivity contribution in [3.8, 4) is 0 Å². The van der Waals surface area contributed by atoms with E-state index in [-0.39, 0.29) is 5.91 Å². The molecule has 0 aromatic heterocycles. The average Bonchev–Trinajstić information content (AvgIpc) is 2.55. The lowest BCUT2D eigenvalue weighted by Crippen LogP contribution is -2.40. The van der Waals surface area contributed by atoms with Gasteiger partial charge in [-0.25, -0.2) is 0 Å². The molecule has 1 saturated carbocycles. The summed E-state index contributed by atoms with van der Waals surface area (Å²) in [6.45, 7) is 2.29. The number of rotatable bonds is 6. The molecule has 0 aliphatic heterocycles. The SMILES string of the molecule is CC1CCC(N(C)C(=O)CSCC(O)c2ccccc2)CC1. The molecule has 1 unspecified atom stereocenters. The van der Waals surface area contributed by atoms with Crippen LogP contribution in [0.15, 0.2) is 30.3 Å². The average molecular weight is 321 g/mol. The number of nitrogens with zero attached hydrogens (tertiary/aromatic N) is 1. The second-order valence-electron chi connectivity index (χ2n) is 6.36. The Labute approximate surface area is 138 Å². The minimum Gasteiger partial charge on any atom is -0.388 e. The van der Waals surface area contributed by atoms with Crippen LogP contribution in [0.25, 0.3) is 0 Å². The molecule has 1 aromatic rings. The molecular weight excluding hydrogens is 294 g/mol. The van der Waals surface area contributed by atoms with Gasteiger partial charge < -0.3 is 10.0 Å². The number of benzene rings is 1. The molecule has 3 nitrogen and oxygen atoms in total. The summed E-state index contributed by atoms with van der Waals surface area (Å²) in [5, 5.41) is 10.1. The summed E-state index contributed by atoms with van der Waals surface area (Å²) in [7, 11) is 1.93. The highest BCUT2D eigenvalue weighted by Gasteiger charge is 2.24. The van der Waals surface area contributed by atoms with Crippen LogP contribution in [0, 0.1) is 5.92 Å². The fraction of sp³-hybridized carbons (Fsp3) is 0.611. The minimum atomic E-state index is -0.500. The molecule has 0 bridgehead atoms. The fourth-order valence-electron chi connectivity index (χ4n) is 2.96. The number of aliphatic hydroxyl groups excluding tert-OH is 1. The van der Waals surface area contributed by atoms with E-state index >= 15 is 0 Å². The summed E-state index contributed by atoms with van der Waals surface area (Å²) in [6.07, 6.45) is 4.20. The minimum absolute atomic E-state index is 0.185. The van der Waals surface area contributed by atoms with Gasteiger partial charge in [0, 0.05) is 18.8 Å². The zero-order valence-corrected chi connectivity index (χ0v) is 14.4. The van der Waals surface area contributed by atoms with Crippen LogP contribution >= 0.6 is 11.8 Å². The van der Waals surface area contributed by atoms with Gasteiger partial charge in [-0.15, -0.1) is 11.8 Å². The number of carbonyl (C=O) groups excluding carboxylic acids is 1. The molecule has 22 heavy (non-hydrogen) atoms. The molecule has 1 fully saturated rings. The molecule has 1 aromatic carbocycles. The van der Waals surface area contributed by atoms with E-state index in [1.807, 2.05) is 42.3 Å². The summed E-state index contributed by atoms with van der Waals surface area (Å²) in [5.74, 6) is 2.00. The molecule has 1 N–H and O–H groups in total. The van der Waals surface area contributed by atoms with Crippen LogP contribution in [0.1, 0.15) is 44.3 Å². The highest BCUT2D eigenvalue weighted by atomic mass is 32.2. The van der Waals surface area contributed by atoms with E-state index < -0.39 is 6.10 Å². The predicted molar refractivity (Wildman–Crippen MR) is 92.9 cm³/mol. The van der Waals surface area contributed by atoms with Gasteiger partial charge in [-0.3, -0.25) is 4.79 Å². The van der Waals surface area contributed by atoms with Gasteiger partial charge in [0.05, 0.1) is 11.9 Å². The Morgan fingerprint density at radius 3 is 2.55 bits per heavy atom. The van der Waals surface area contributed by atoms with Gasteiger partial charge in [0.25, 0.3) is 0 Å². The summed E-state index contributed by atoms with van der Waals surface area (Å²) in [6, 6.07) is 10.0. The van der Waals surface area contributed by atoms with Crippen LogP contribution < -0.4 is 0 Å². The highest BCUT2D eigenvalue weighted by molar-refractivity contribution is 7.99. The Balaban J connectivity index is 1.71. The Morgan fingerprint density at radius 1 is 1.27 bits per heavy atom. The van der Waals surface area contributed by atoms with Crippen LogP contribution in [-0.4, -0.2) is 40.5 Å². The molecule has 0 saturated heterocycles. The number of hydrogen-bond donors (Lipinski definition) is 1. The van der Waals surface area contributed by atoms with Gasteiger partial charge in [0.15, 0.2) is 0 Å². The van der Waals surface area contributed by atoms with Crippen molar-refractivity contribution in [3.05, 3.63) is 35.9 Å². The molecule has 1 atom stereocenters. The first kappa shape index (κ1) is 17.4. The van der Waals surface area contributed by atoms with E-state index in [0.29, 0.717) is 17.5 Å². The van der Waals surface area contributed by atoms with Gasteiger partial charge in [-0.05, 0) is 37.2 Å². The number of hydrogen-bond acceptors (Lipinski definition) is 3. The van der Waals surface area contributed by atoms with Crippen molar-refractivity contribution in [2.75, 3.05) is 18.6 Å². The lowest BCUT2D eigenvalue weighted by atomic mass is 9.87. The maximum Gasteiger partial charge on any atom is 0.232 e. The monoisotopic (exact) mass is 321 g/mol. The third-order valence-electron chi connectivity index (χ3n) is 4.61. The van der Waals surface area contributed by atoms with Crippen molar-refractivity contribution in [2.24, 2.45) is 5.92 Å². The van der Waals surface area contributed by atoms with Crippen molar-refractivity contribution < 1.29 is 9.90 Å². The molecule has 0 heterocycles. The van der Waals surface area contributed by atoms with Crippen LogP contribution in [-0.2, 0) is 4.79 Å². The molecule has 1 aliphatic carbocycles. The van der Waals surface area contributed by atoms with Crippen LogP contribution in [0.4, 0.5) is 0 Å². The molecule has 2 rings (SSSR count). The van der Waals surface area contributed by atoms with Crippen molar-refractivity contribution in [3.63, 3.8) is 0 Å². The summed E-state index contributed by atoms with van der Waals surface area (Å²) in [5.41, 5.74) is 0.914. The third-order valence-corrected chi connectivity index (χ3v) is 5.61. The maximum absolute atomic E-state index is 12.3. The van der Waals surface area contributed by atoms with E-state index in [1.165, 1.54) is 24.6 Å². The van der Waals surface area contributed by atoms with Gasteiger partial charge >= 0.3 is 0 Å². The van der Waals surface area contributed by atoms with E-state index in [4.69, 9.17) is 0 Å². The third kappa shape index (κ3) is 5.03. The Bertz CT molecular complexity index is 457. The second-order valence-corrected chi connectivity index (χ2v) is 7.39. The standard InChI is InChI=1S/C18H27NO2S/c1-14-8-10-16(11-9-14)19(2)18(21)13-22-12-17(20)15-6-4-3-5-7-15/h3-7,14,16-17,20H,8-13H2,1-2H3. The summed E-state index contributed by atoms with van der Waals surface area (Å²) >= 11 is 1.52. The number of thioether (sulfide) groups is 1. The first-order chi connectivity index (χ1) is 10.6. The van der Waals surface area contributed by atoms with Crippen LogP contribution in [0.5, 0.6) is 0 Å². The normalized spacial score (nSPS) is 23.0. The first-order valence-electron chi connectivity index (χ1n) is 8.14. The van der Waals surface area contributed by atoms with Crippen molar-refractivity contribution in [1.82, 2.24) is 4.90 Å². The molecule has 0 radical (unpaired) electrons. The van der Waals surface area contributed by atoms with Crippen molar-refractivity contribution in [2.45, 2.75) is 44.8 Å². The quantitative estimate of drug-likeness (QED) is 0.872. The lowest BCUT2D eigenvalue weighted by molar-refractivity contribution is -0.129. The maximum atomic E-state index is 12.3. The van der Waals surface area contributed by atoms with E-state index in [0.717, 1.165) is 24.3 Å². The van der Waals surface area contributed by atoms with Gasteiger partial charge in [-0.2, -0.15) is 0 Å². The van der Waals surface area contributed by atoms with Gasteiger partial charge in [0.1, 0.15) is 0 Å². The first-order valence-corrected chi connectivity index (χ1v) is 9.29. The van der Waals surface area contributed by atoms with Gasteiger partial charge in [-0.1, -0.05) is 37.3 Å². The highest BCUT2D eigenvalue weighted by Crippen LogP contribution is 2.27. The molecule has 1 aliphatic rings. The van der Waals surface area contributed by atoms with Crippen LogP contribution in [0.2, 0.25) is 0 Å². The number of aliphatic hydroxyl groups is 1. The lowest BCUT2D eigenvalue weighted by Gasteiger charge is -2.33. The van der Waals surface area contributed by atoms with E-state index in [1.54, 1.807) is 0 Å². The van der Waals surface area contributed by atoms with Crippen LogP contribution in [0.3, 0.4) is 0 Å². The molecule has 1 amide bonds. The van der Waals surface area contributed by atoms with Gasteiger partial charge in [0.2, 0.25) is 5.91 Å². The molecule has 122 valence electrons. The predicted octanol–water partition coefficient (Wildman–Crippen LogP) is 3.49. The van der Waals surface area contributed by atoms with E-state index in [9.17, 15) is 9.90 Å². The largest absolute Gasteiger partial charge is 0.388 e. The number of amides is 1. The van der Waals surface area contributed by atoms with E-state index in [2.05, 4.69) is 6.92 Å². The van der Waals surface area contributed by atoms with Crippen molar-refractivity contribution >= 4 is 17.7 Å². The second kappa shape index (κ2) is 8.59. The zero-order chi connectivity index (χ0) is 15.9. The smallest absolute Gasteiger partial charge is 0.232 e.